The second-order valence-corrected chi connectivity index (χ2v) is 24.7. The number of carbonyl (C=O) groups is 7. The first kappa shape index (κ1) is 56.9. The number of hydrogen-bond donors (Lipinski definition) is 0. The fourth-order valence-corrected chi connectivity index (χ4v) is 15.7. The fraction of sp³-hybridized carbons (Fsp3) is 0.774. The molecule has 1 aromatic rings. The molecular weight excluding hydrogens is 971 g/mol. The molecule has 424 valence electrons. The number of esters is 1. The van der Waals surface area contributed by atoms with Crippen molar-refractivity contribution >= 4 is 47.4 Å². The van der Waals surface area contributed by atoms with Crippen molar-refractivity contribution in [3.63, 3.8) is 0 Å². The highest BCUT2D eigenvalue weighted by Gasteiger charge is 2.56. The van der Waals surface area contributed by atoms with Gasteiger partial charge in [0.2, 0.25) is 17.8 Å². The summed E-state index contributed by atoms with van der Waals surface area (Å²) in [5, 5.41) is 0. The van der Waals surface area contributed by atoms with Gasteiger partial charge in [-0.2, -0.15) is 0 Å². The zero-order chi connectivity index (χ0) is 54.3. The van der Waals surface area contributed by atoms with Crippen molar-refractivity contribution in [1.82, 2.24) is 29.4 Å². The van der Waals surface area contributed by atoms with Crippen LogP contribution >= 0.6 is 0 Å². The van der Waals surface area contributed by atoms with E-state index in [2.05, 4.69) is 11.8 Å². The van der Waals surface area contributed by atoms with E-state index in [1.807, 2.05) is 54.0 Å². The molecule has 5 aliphatic carbocycles. The summed E-state index contributed by atoms with van der Waals surface area (Å²) < 4.78 is 5.87. The minimum absolute atomic E-state index is 0.0257. The summed E-state index contributed by atoms with van der Waals surface area (Å²) in [6.07, 6.45) is 28.6. The van der Waals surface area contributed by atoms with Gasteiger partial charge in [0, 0.05) is 24.2 Å². The summed E-state index contributed by atoms with van der Waals surface area (Å²) in [4.78, 5) is 112. The highest BCUT2D eigenvalue weighted by atomic mass is 16.5. The lowest BCUT2D eigenvalue weighted by Gasteiger charge is -2.39. The summed E-state index contributed by atoms with van der Waals surface area (Å²) in [7, 11) is 0. The number of urea groups is 1. The number of amides is 6. The fourth-order valence-electron chi connectivity index (χ4n) is 15.7. The molecule has 0 N–H and O–H groups in total. The van der Waals surface area contributed by atoms with Crippen LogP contribution in [0.1, 0.15) is 226 Å². The van der Waals surface area contributed by atoms with Crippen LogP contribution < -0.4 is 0 Å². The van der Waals surface area contributed by atoms with Crippen molar-refractivity contribution in [3.8, 4) is 0 Å². The first-order valence-corrected chi connectivity index (χ1v) is 31.0. The Labute approximate surface area is 460 Å². The van der Waals surface area contributed by atoms with E-state index < -0.39 is 36.3 Å². The van der Waals surface area contributed by atoms with E-state index in [4.69, 9.17) is 9.73 Å². The number of nitrogens with zero attached hydrogens (tertiary/aromatic N) is 7. The number of ether oxygens (including phenoxy) is 1. The predicted octanol–water partition coefficient (Wildman–Crippen LogP) is 10.5. The third-order valence-electron chi connectivity index (χ3n) is 19.7. The Balaban J connectivity index is 0.000000199. The van der Waals surface area contributed by atoms with E-state index >= 15 is 0 Å². The molecule has 0 aromatic heterocycles. The maximum atomic E-state index is 14.8. The molecule has 0 spiro atoms. The van der Waals surface area contributed by atoms with E-state index in [0.29, 0.717) is 31.1 Å². The van der Waals surface area contributed by atoms with Crippen LogP contribution in [0.15, 0.2) is 35.3 Å². The molecular formula is C62H93N7O8. The maximum Gasteiger partial charge on any atom is 0.329 e. The molecule has 4 aliphatic heterocycles. The van der Waals surface area contributed by atoms with E-state index in [-0.39, 0.29) is 78.2 Å². The molecule has 77 heavy (non-hydrogen) atoms. The lowest BCUT2D eigenvalue weighted by molar-refractivity contribution is -0.157. The average molecular weight is 1060 g/mol. The minimum Gasteiger partial charge on any atom is -0.459 e. The Hall–Kier alpha value is -4.82. The largest absolute Gasteiger partial charge is 0.459 e. The van der Waals surface area contributed by atoms with E-state index in [0.717, 1.165) is 166 Å². The van der Waals surface area contributed by atoms with Crippen molar-refractivity contribution in [2.24, 2.45) is 16.8 Å². The Morgan fingerprint density at radius 1 is 0.571 bits per heavy atom. The van der Waals surface area contributed by atoms with Gasteiger partial charge in [0.05, 0.1) is 12.1 Å². The number of benzene rings is 1. The Morgan fingerprint density at radius 3 is 1.57 bits per heavy atom. The van der Waals surface area contributed by atoms with Gasteiger partial charge >= 0.3 is 12.0 Å². The third kappa shape index (κ3) is 12.0. The van der Waals surface area contributed by atoms with Gasteiger partial charge in [-0.3, -0.25) is 33.8 Å². The summed E-state index contributed by atoms with van der Waals surface area (Å²) in [6, 6.07) is 6.56. The number of likely N-dealkylation sites (tertiary alicyclic amines) is 2. The number of fused-ring (bicyclic) bond motifs is 2. The molecule has 15 heteroatoms. The van der Waals surface area contributed by atoms with Gasteiger partial charge in [0.15, 0.2) is 5.78 Å². The summed E-state index contributed by atoms with van der Waals surface area (Å²) in [5.41, 5.74) is 0.942. The molecule has 0 bridgehead atoms. The topological polar surface area (TPSA) is 161 Å². The summed E-state index contributed by atoms with van der Waals surface area (Å²) in [6.45, 7) is 9.62. The number of Topliss-reactive ketones (excluding diaryl/α,β-unsaturated/α-hetero) is 1. The minimum atomic E-state index is -0.737. The van der Waals surface area contributed by atoms with Gasteiger partial charge in [-0.15, -0.1) is 0 Å². The molecule has 4 heterocycles. The first-order chi connectivity index (χ1) is 37.3. The third-order valence-corrected chi connectivity index (χ3v) is 19.7. The van der Waals surface area contributed by atoms with Crippen molar-refractivity contribution < 1.29 is 38.3 Å². The Bertz CT molecular complexity index is 2280. The first-order valence-electron chi connectivity index (χ1n) is 31.0. The van der Waals surface area contributed by atoms with Crippen molar-refractivity contribution in [1.29, 1.82) is 0 Å². The average Bonchev–Trinajstić information content (AvgIpc) is 4.28. The number of aliphatic imine (C=N–C) groups is 1. The Kier molecular flexibility index (Phi) is 19.2. The standard InChI is InChI=1S/C37H54N4O4.C25H39N3O4/c1-3-15-32-35(43)40(30-21-11-6-12-22-30)37(38-29-19-9-5-10-20-29)39(32)26(2)34(42)41-31-23-14-13-18-28(31)24-33(41)36(44)45-25-27-16-7-4-8-17-27;1-4-10-21-24(31)27(19-12-6-5-7-13-19)25(32)26(21)16(2)23(30)28-20-14-9-8-11-18(20)15-22(28)17(3)29/h4,7-8,16-17,26,28-33H,3,5-6,9-15,18-25H2,1-2H3;16,18-22H,4-15H2,1-3H3/t26-,28-,31-,32?,33-;16-,18-,20-,21?,22-/m00/s1. The molecule has 2 unspecified atom stereocenters. The number of hydrogen-bond acceptors (Lipinski definition) is 9. The number of imide groups is 1. The van der Waals surface area contributed by atoms with Crippen LogP contribution in [0.5, 0.6) is 0 Å². The molecule has 6 amide bonds. The van der Waals surface area contributed by atoms with Crippen LogP contribution in [0, 0.1) is 11.8 Å². The van der Waals surface area contributed by atoms with Crippen molar-refractivity contribution in [3.05, 3.63) is 35.9 Å². The lowest BCUT2D eigenvalue weighted by atomic mass is 9.84. The molecule has 4 saturated heterocycles. The van der Waals surface area contributed by atoms with Gasteiger partial charge in [-0.05, 0) is 128 Å². The smallest absolute Gasteiger partial charge is 0.329 e. The van der Waals surface area contributed by atoms with Crippen LogP contribution in [0.2, 0.25) is 0 Å². The summed E-state index contributed by atoms with van der Waals surface area (Å²) >= 11 is 0. The monoisotopic (exact) mass is 1060 g/mol. The normalized spacial score (nSPS) is 30.8. The quantitative estimate of drug-likeness (QED) is 0.123. The highest BCUT2D eigenvalue weighted by molar-refractivity contribution is 6.09. The molecule has 9 aliphatic rings. The highest BCUT2D eigenvalue weighted by Crippen LogP contribution is 2.44. The number of ketones is 1. The van der Waals surface area contributed by atoms with Gasteiger partial charge in [-0.25, -0.2) is 14.6 Å². The molecule has 9 fully saturated rings. The maximum absolute atomic E-state index is 14.8. The molecule has 10 atom stereocenters. The zero-order valence-corrected chi connectivity index (χ0v) is 47.5. The van der Waals surface area contributed by atoms with E-state index in [9.17, 15) is 33.6 Å². The molecule has 1 aromatic carbocycles. The van der Waals surface area contributed by atoms with Crippen LogP contribution in [-0.2, 0) is 40.1 Å². The number of guanidine groups is 1. The molecule has 15 nitrogen and oxygen atoms in total. The SMILES string of the molecule is CCCC1C(=O)N(C2CCCCC2)C(=NC2CCCCC2)N1[C@@H](C)C(=O)N1[C@H](C(=O)OCc2ccccc2)C[C@@H]2CCCC[C@@H]21.CCCC1C(=O)N(C2CCCCC2)C(=O)N1[C@@H](C)C(=O)N1[C@H](C(C)=O)C[C@@H]2CCCC[C@@H]21. The van der Waals surface area contributed by atoms with Gasteiger partial charge in [0.25, 0.3) is 11.8 Å². The predicted molar refractivity (Wildman–Crippen MR) is 296 cm³/mol. The van der Waals surface area contributed by atoms with E-state index in [1.54, 1.807) is 23.6 Å². The van der Waals surface area contributed by atoms with Gasteiger partial charge in [0.1, 0.15) is 36.8 Å². The Morgan fingerprint density at radius 2 is 1.03 bits per heavy atom. The van der Waals surface area contributed by atoms with Gasteiger partial charge in [-0.1, -0.05) is 140 Å². The molecule has 0 radical (unpaired) electrons. The van der Waals surface area contributed by atoms with Crippen LogP contribution in [0.3, 0.4) is 0 Å². The number of rotatable bonds is 15. The van der Waals surface area contributed by atoms with Crippen LogP contribution in [-0.4, -0.2) is 143 Å². The van der Waals surface area contributed by atoms with Crippen LogP contribution in [0.4, 0.5) is 4.79 Å². The lowest BCUT2D eigenvalue weighted by Crippen LogP contribution is -2.56. The second kappa shape index (κ2) is 26.0. The van der Waals surface area contributed by atoms with Crippen LogP contribution in [0.25, 0.3) is 0 Å². The van der Waals surface area contributed by atoms with Crippen molar-refractivity contribution in [2.45, 2.75) is 294 Å². The molecule has 10 rings (SSSR count). The summed E-state index contributed by atoms with van der Waals surface area (Å²) in [5.74, 6) is 0.904. The zero-order valence-electron chi connectivity index (χ0n) is 47.5. The van der Waals surface area contributed by atoms with Gasteiger partial charge < -0.3 is 24.3 Å². The van der Waals surface area contributed by atoms with Crippen molar-refractivity contribution in [2.75, 3.05) is 0 Å². The second-order valence-electron chi connectivity index (χ2n) is 24.7. The molecule has 5 saturated carbocycles. The van der Waals surface area contributed by atoms with E-state index in [1.165, 1.54) is 17.7 Å². The number of carbonyl (C=O) groups excluding carboxylic acids is 7.